The van der Waals surface area contributed by atoms with E-state index in [0.717, 1.165) is 17.1 Å². The molecule has 0 radical (unpaired) electrons. The monoisotopic (exact) mass is 759 g/mol. The van der Waals surface area contributed by atoms with E-state index in [-0.39, 0.29) is 0 Å². The van der Waals surface area contributed by atoms with Gasteiger partial charge in [0.2, 0.25) is 0 Å². The van der Waals surface area contributed by atoms with Crippen LogP contribution in [0, 0.1) is 0 Å². The predicted molar refractivity (Wildman–Crippen MR) is 252 cm³/mol. The molecule has 0 bridgehead atoms. The number of benzene rings is 11. The zero-order valence-electron chi connectivity index (χ0n) is 32.8. The second-order valence-corrected chi connectivity index (χ2v) is 16.3. The maximum absolute atomic E-state index is 2.54. The summed E-state index contributed by atoms with van der Waals surface area (Å²) in [5, 5.41) is 7.89. The second-order valence-electron chi connectivity index (χ2n) is 16.3. The molecule has 0 amide bonds. The highest BCUT2D eigenvalue weighted by molar-refractivity contribution is 6.27. The van der Waals surface area contributed by atoms with Crippen molar-refractivity contribution in [1.82, 2.24) is 0 Å². The molecule has 1 heteroatoms. The lowest BCUT2D eigenvalue weighted by Crippen LogP contribution is -2.29. The van der Waals surface area contributed by atoms with Gasteiger partial charge in [-0.3, -0.25) is 0 Å². The van der Waals surface area contributed by atoms with Crippen LogP contribution in [0.25, 0.3) is 76.8 Å². The Morgan fingerprint density at radius 2 is 0.867 bits per heavy atom. The van der Waals surface area contributed by atoms with Gasteiger partial charge in [-0.1, -0.05) is 188 Å². The van der Waals surface area contributed by atoms with Gasteiger partial charge in [-0.05, 0) is 130 Å². The Balaban J connectivity index is 1.16. The fourth-order valence-corrected chi connectivity index (χ4v) is 11.0. The van der Waals surface area contributed by atoms with E-state index in [4.69, 9.17) is 0 Å². The standard InChI is InChI=1S/C59H37N/c1-3-16-38(17-4-1)44-22-11-14-29-55(44)60(42-20-5-2-6-21-42)43-33-35-53-50(37-43)46-24-8-7-23-45(46)47-25-9-12-27-51(47)59(53)52-28-13-10-26-48(52)58-49-34-32-40-19-15-18-39-30-31-41(36-54(58)59)57(49)56(39)40/h1-37H. The van der Waals surface area contributed by atoms with Gasteiger partial charge in [0.15, 0.2) is 0 Å². The molecule has 2 aliphatic rings. The van der Waals surface area contributed by atoms with Gasteiger partial charge in [-0.15, -0.1) is 0 Å². The number of para-hydroxylation sites is 2. The summed E-state index contributed by atoms with van der Waals surface area (Å²) in [6.07, 6.45) is 0. The van der Waals surface area contributed by atoms with E-state index in [1.165, 1.54) is 99.1 Å². The Kier molecular flexibility index (Phi) is 7.00. The fraction of sp³-hybridized carbons (Fsp3) is 0.0169. The summed E-state index contributed by atoms with van der Waals surface area (Å²) < 4.78 is 0. The summed E-state index contributed by atoms with van der Waals surface area (Å²) in [6, 6.07) is 83.8. The molecular weight excluding hydrogens is 723 g/mol. The van der Waals surface area contributed by atoms with Gasteiger partial charge < -0.3 is 4.90 Å². The average molecular weight is 760 g/mol. The quantitative estimate of drug-likeness (QED) is 0.162. The third-order valence-corrected chi connectivity index (χ3v) is 13.4. The minimum Gasteiger partial charge on any atom is -0.310 e. The van der Waals surface area contributed by atoms with Crippen LogP contribution in [-0.2, 0) is 5.41 Å². The molecule has 0 heterocycles. The number of anilines is 3. The largest absolute Gasteiger partial charge is 0.310 e. The molecule has 60 heavy (non-hydrogen) atoms. The summed E-state index contributed by atoms with van der Waals surface area (Å²) in [5.41, 5.74) is 18.1. The van der Waals surface area contributed by atoms with Gasteiger partial charge in [0.25, 0.3) is 0 Å². The number of rotatable bonds is 4. The van der Waals surface area contributed by atoms with Gasteiger partial charge in [-0.25, -0.2) is 0 Å². The molecule has 0 aliphatic heterocycles. The van der Waals surface area contributed by atoms with Crippen molar-refractivity contribution in [1.29, 1.82) is 0 Å². The first-order valence-electron chi connectivity index (χ1n) is 20.9. The van der Waals surface area contributed by atoms with Gasteiger partial charge in [-0.2, -0.15) is 0 Å². The topological polar surface area (TPSA) is 3.24 Å². The summed E-state index contributed by atoms with van der Waals surface area (Å²) in [6.45, 7) is 0. The summed E-state index contributed by atoms with van der Waals surface area (Å²) >= 11 is 0. The summed E-state index contributed by atoms with van der Waals surface area (Å²) in [7, 11) is 0. The van der Waals surface area contributed by atoms with Crippen molar-refractivity contribution in [3.05, 3.63) is 247 Å². The molecule has 0 saturated heterocycles. The van der Waals surface area contributed by atoms with E-state index >= 15 is 0 Å². The van der Waals surface area contributed by atoms with E-state index < -0.39 is 5.41 Å². The maximum atomic E-state index is 2.54. The van der Waals surface area contributed by atoms with Crippen molar-refractivity contribution in [2.75, 3.05) is 4.90 Å². The number of hydrogen-bond acceptors (Lipinski definition) is 1. The Morgan fingerprint density at radius 3 is 1.63 bits per heavy atom. The van der Waals surface area contributed by atoms with Crippen LogP contribution in [0.1, 0.15) is 22.3 Å². The molecule has 0 fully saturated rings. The van der Waals surface area contributed by atoms with Gasteiger partial charge in [0, 0.05) is 16.9 Å². The molecule has 11 aromatic rings. The van der Waals surface area contributed by atoms with Crippen molar-refractivity contribution in [3.63, 3.8) is 0 Å². The van der Waals surface area contributed by atoms with Crippen molar-refractivity contribution in [2.24, 2.45) is 0 Å². The highest BCUT2D eigenvalue weighted by Crippen LogP contribution is 2.63. The van der Waals surface area contributed by atoms with Crippen LogP contribution in [0.4, 0.5) is 17.1 Å². The molecule has 0 N–H and O–H groups in total. The van der Waals surface area contributed by atoms with Crippen LogP contribution >= 0.6 is 0 Å². The lowest BCUT2D eigenvalue weighted by Gasteiger charge is -2.36. The van der Waals surface area contributed by atoms with Crippen LogP contribution in [-0.4, -0.2) is 0 Å². The first-order chi connectivity index (χ1) is 29.8. The molecule has 0 saturated carbocycles. The molecule has 11 aromatic carbocycles. The Hall–Kier alpha value is -7.74. The third kappa shape index (κ3) is 4.47. The second kappa shape index (κ2) is 12.6. The van der Waals surface area contributed by atoms with Crippen LogP contribution in [0.5, 0.6) is 0 Å². The highest BCUT2D eigenvalue weighted by Gasteiger charge is 2.50. The minimum atomic E-state index is -0.598. The molecule has 1 atom stereocenters. The molecule has 13 rings (SSSR count). The van der Waals surface area contributed by atoms with E-state index in [1.54, 1.807) is 0 Å². The molecule has 1 unspecified atom stereocenters. The lowest BCUT2D eigenvalue weighted by molar-refractivity contribution is 0.777. The molecule has 0 aromatic heterocycles. The Bertz CT molecular complexity index is 3480. The van der Waals surface area contributed by atoms with E-state index in [2.05, 4.69) is 229 Å². The van der Waals surface area contributed by atoms with Crippen LogP contribution in [0.15, 0.2) is 224 Å². The molecular formula is C59H37N. The molecule has 1 spiro atoms. The predicted octanol–water partition coefficient (Wildman–Crippen LogP) is 15.7. The maximum Gasteiger partial charge on any atom is 0.0726 e. The zero-order valence-corrected chi connectivity index (χ0v) is 32.8. The van der Waals surface area contributed by atoms with Crippen molar-refractivity contribution < 1.29 is 0 Å². The number of nitrogens with zero attached hydrogens (tertiary/aromatic N) is 1. The Morgan fingerprint density at radius 1 is 0.300 bits per heavy atom. The summed E-state index contributed by atoms with van der Waals surface area (Å²) in [4.78, 5) is 2.44. The van der Waals surface area contributed by atoms with Gasteiger partial charge in [0.1, 0.15) is 0 Å². The van der Waals surface area contributed by atoms with Crippen molar-refractivity contribution in [2.45, 2.75) is 5.41 Å². The van der Waals surface area contributed by atoms with Crippen LogP contribution < -0.4 is 4.90 Å². The minimum absolute atomic E-state index is 0.598. The SMILES string of the molecule is c1ccc(-c2ccccc2N(c2ccccc2)c2ccc3c(c2)-c2ccccc2-c2ccccc2C32c3ccccc3-c3c2cc2ccc4cccc5ccc3c2c45)cc1. The normalized spacial score (nSPS) is 14.7. The fourth-order valence-electron chi connectivity index (χ4n) is 11.0. The van der Waals surface area contributed by atoms with Gasteiger partial charge in [0.05, 0.1) is 11.1 Å². The van der Waals surface area contributed by atoms with Crippen molar-refractivity contribution >= 4 is 49.4 Å². The highest BCUT2D eigenvalue weighted by atomic mass is 15.1. The van der Waals surface area contributed by atoms with E-state index in [0.29, 0.717) is 0 Å². The summed E-state index contributed by atoms with van der Waals surface area (Å²) in [5.74, 6) is 0. The first kappa shape index (κ1) is 33.3. The number of hydrogen-bond donors (Lipinski definition) is 0. The van der Waals surface area contributed by atoms with E-state index in [1.807, 2.05) is 0 Å². The Labute approximate surface area is 349 Å². The third-order valence-electron chi connectivity index (χ3n) is 13.4. The van der Waals surface area contributed by atoms with Gasteiger partial charge >= 0.3 is 0 Å². The van der Waals surface area contributed by atoms with Crippen LogP contribution in [0.3, 0.4) is 0 Å². The first-order valence-corrected chi connectivity index (χ1v) is 20.9. The van der Waals surface area contributed by atoms with Crippen LogP contribution in [0.2, 0.25) is 0 Å². The lowest BCUT2D eigenvalue weighted by atomic mass is 9.65. The molecule has 2 aliphatic carbocycles. The molecule has 1 nitrogen and oxygen atoms in total. The number of fused-ring (bicyclic) bond motifs is 13. The average Bonchev–Trinajstić information content (AvgIpc) is 3.56. The molecule has 278 valence electrons. The zero-order chi connectivity index (χ0) is 39.4. The van der Waals surface area contributed by atoms with Crippen molar-refractivity contribution in [3.8, 4) is 44.5 Å². The smallest absolute Gasteiger partial charge is 0.0726 e. The van der Waals surface area contributed by atoms with E-state index in [9.17, 15) is 0 Å².